The van der Waals surface area contributed by atoms with Crippen molar-refractivity contribution >= 4 is 45.0 Å². The Hall–Kier alpha value is -1.53. The second kappa shape index (κ2) is 8.19. The van der Waals surface area contributed by atoms with E-state index < -0.39 is 5.00 Å². The molecule has 0 aromatic carbocycles. The predicted molar refractivity (Wildman–Crippen MR) is 121 cm³/mol. The van der Waals surface area contributed by atoms with Crippen LogP contribution in [-0.4, -0.2) is 38.4 Å². The number of hydrogen-bond acceptors (Lipinski definition) is 3. The normalized spacial score (nSPS) is 26.6. The maximum Gasteiger partial charge on any atom is 0.272 e. The van der Waals surface area contributed by atoms with Crippen molar-refractivity contribution in [3.63, 3.8) is 0 Å². The molecule has 0 radical (unpaired) electrons. The second-order valence-electron chi connectivity index (χ2n) is 9.17. The molecule has 0 saturated heterocycles. The van der Waals surface area contributed by atoms with Gasteiger partial charge in [-0.3, -0.25) is 9.59 Å². The largest absolute Gasteiger partial charge is 0.350 e. The Balaban J connectivity index is 1.53. The van der Waals surface area contributed by atoms with Crippen molar-refractivity contribution in [2.45, 2.75) is 94.3 Å². The molecule has 0 spiro atoms. The van der Waals surface area contributed by atoms with E-state index in [2.05, 4.69) is 5.32 Å². The van der Waals surface area contributed by atoms with E-state index in [9.17, 15) is 9.59 Å². The number of hydrogen-bond donors (Lipinski definition) is 1. The standard InChI is InChI=1S/C23H30ClN3O2S/c24-23(22(29)25-16-8-4-3-5-9-16)15-26-18-12-13-30-20(18)14-19(26)21(28)27(23)17-10-6-1-2-7-11-17/h12-14,16-17H,1-11,15H2,(H,25,29). The highest BCUT2D eigenvalue weighted by atomic mass is 35.5. The molecule has 7 heteroatoms. The topological polar surface area (TPSA) is 54.3 Å². The highest BCUT2D eigenvalue weighted by Gasteiger charge is 2.53. The lowest BCUT2D eigenvalue weighted by atomic mass is 9.94. The van der Waals surface area contributed by atoms with Crippen molar-refractivity contribution < 1.29 is 9.59 Å². The van der Waals surface area contributed by atoms with E-state index in [1.807, 2.05) is 22.1 Å². The number of amides is 2. The lowest BCUT2D eigenvalue weighted by molar-refractivity contribution is -0.131. The zero-order chi connectivity index (χ0) is 20.7. The first kappa shape index (κ1) is 20.4. The minimum absolute atomic E-state index is 0.0243. The molecule has 5 rings (SSSR count). The van der Waals surface area contributed by atoms with Gasteiger partial charge in [-0.05, 0) is 43.2 Å². The SMILES string of the molecule is O=C1c2cc3sccc3n2CC(Cl)(C(=O)NC2CCCCC2)N1C1CCCCCC1. The first-order chi connectivity index (χ1) is 14.6. The molecule has 30 heavy (non-hydrogen) atoms. The van der Waals surface area contributed by atoms with Crippen molar-refractivity contribution in [3.05, 3.63) is 23.2 Å². The van der Waals surface area contributed by atoms with Crippen LogP contribution in [0.25, 0.3) is 10.2 Å². The van der Waals surface area contributed by atoms with Gasteiger partial charge in [-0.25, -0.2) is 0 Å². The third kappa shape index (κ3) is 3.46. The molecule has 3 aliphatic rings. The molecule has 3 heterocycles. The smallest absolute Gasteiger partial charge is 0.272 e. The number of carbonyl (C=O) groups excluding carboxylic acids is 2. The molecule has 0 bridgehead atoms. The Morgan fingerprint density at radius 2 is 1.73 bits per heavy atom. The second-order valence-corrected chi connectivity index (χ2v) is 10.7. The summed E-state index contributed by atoms with van der Waals surface area (Å²) in [5, 5.41) is 5.25. The van der Waals surface area contributed by atoms with Crippen LogP contribution >= 0.6 is 22.9 Å². The van der Waals surface area contributed by atoms with Gasteiger partial charge in [-0.2, -0.15) is 0 Å². The molecule has 2 aromatic rings. The first-order valence-electron chi connectivity index (χ1n) is 11.5. The van der Waals surface area contributed by atoms with E-state index in [0.717, 1.165) is 61.6 Å². The quantitative estimate of drug-likeness (QED) is 0.396. The van der Waals surface area contributed by atoms with E-state index in [-0.39, 0.29) is 23.9 Å². The van der Waals surface area contributed by atoms with Gasteiger partial charge in [0.05, 0.1) is 16.8 Å². The molecular weight excluding hydrogens is 418 g/mol. The summed E-state index contributed by atoms with van der Waals surface area (Å²) in [6, 6.07) is 4.19. The molecule has 1 unspecified atom stereocenters. The number of fused-ring (bicyclic) bond motifs is 3. The molecule has 2 aliphatic carbocycles. The lowest BCUT2D eigenvalue weighted by Crippen LogP contribution is -2.66. The summed E-state index contributed by atoms with van der Waals surface area (Å²) in [5.74, 6) is -0.290. The fraction of sp³-hybridized carbons (Fsp3) is 0.652. The van der Waals surface area contributed by atoms with Crippen molar-refractivity contribution in [3.8, 4) is 0 Å². The summed E-state index contributed by atoms with van der Waals surface area (Å²) in [7, 11) is 0. The maximum atomic E-state index is 13.8. The summed E-state index contributed by atoms with van der Waals surface area (Å²) in [5.41, 5.74) is 1.67. The van der Waals surface area contributed by atoms with Crippen LogP contribution in [0.5, 0.6) is 0 Å². The number of nitrogens with zero attached hydrogens (tertiary/aromatic N) is 2. The molecule has 1 N–H and O–H groups in total. The van der Waals surface area contributed by atoms with Crippen LogP contribution < -0.4 is 5.32 Å². The summed E-state index contributed by atoms with van der Waals surface area (Å²) in [6.07, 6.45) is 11.9. The van der Waals surface area contributed by atoms with E-state index in [0.29, 0.717) is 12.2 Å². The fourth-order valence-electron chi connectivity index (χ4n) is 5.59. The molecule has 2 fully saturated rings. The van der Waals surface area contributed by atoms with Gasteiger partial charge in [0.2, 0.25) is 5.00 Å². The van der Waals surface area contributed by atoms with Gasteiger partial charge < -0.3 is 14.8 Å². The van der Waals surface area contributed by atoms with Crippen molar-refractivity contribution in [2.75, 3.05) is 0 Å². The van der Waals surface area contributed by atoms with E-state index in [1.165, 1.54) is 19.3 Å². The summed E-state index contributed by atoms with van der Waals surface area (Å²) < 4.78 is 3.04. The Labute approximate surface area is 186 Å². The van der Waals surface area contributed by atoms with Crippen molar-refractivity contribution in [1.82, 2.24) is 14.8 Å². The highest BCUT2D eigenvalue weighted by molar-refractivity contribution is 7.17. The van der Waals surface area contributed by atoms with Crippen molar-refractivity contribution in [1.29, 1.82) is 0 Å². The van der Waals surface area contributed by atoms with Crippen LogP contribution in [0.4, 0.5) is 0 Å². The molecule has 5 nitrogen and oxygen atoms in total. The number of thiophene rings is 1. The van der Waals surface area contributed by atoms with Crippen LogP contribution in [0, 0.1) is 0 Å². The maximum absolute atomic E-state index is 13.8. The number of aromatic nitrogens is 1. The monoisotopic (exact) mass is 447 g/mol. The molecule has 2 saturated carbocycles. The number of carbonyl (C=O) groups is 2. The third-order valence-electron chi connectivity index (χ3n) is 7.19. The van der Waals surface area contributed by atoms with Gasteiger partial charge >= 0.3 is 0 Å². The van der Waals surface area contributed by atoms with Gasteiger partial charge in [0.25, 0.3) is 11.8 Å². The van der Waals surface area contributed by atoms with Gasteiger partial charge in [0, 0.05) is 12.1 Å². The fourth-order valence-corrected chi connectivity index (χ4v) is 6.80. The summed E-state index contributed by atoms with van der Waals surface area (Å²) >= 11 is 8.84. The Morgan fingerprint density at radius 3 is 2.47 bits per heavy atom. The van der Waals surface area contributed by atoms with Crippen LogP contribution in [0.1, 0.15) is 81.1 Å². The Bertz CT molecular complexity index is 940. The zero-order valence-electron chi connectivity index (χ0n) is 17.4. The first-order valence-corrected chi connectivity index (χ1v) is 12.7. The zero-order valence-corrected chi connectivity index (χ0v) is 18.9. The van der Waals surface area contributed by atoms with E-state index in [4.69, 9.17) is 11.6 Å². The van der Waals surface area contributed by atoms with Gasteiger partial charge in [-0.1, -0.05) is 56.5 Å². The van der Waals surface area contributed by atoms with Crippen LogP contribution in [0.2, 0.25) is 0 Å². The molecular formula is C23H30ClN3O2S. The summed E-state index contributed by atoms with van der Waals surface area (Å²) in [4.78, 5) is 27.8. The minimum atomic E-state index is -1.37. The molecule has 2 aromatic heterocycles. The molecule has 162 valence electrons. The van der Waals surface area contributed by atoms with Gasteiger partial charge in [-0.15, -0.1) is 11.3 Å². The Morgan fingerprint density at radius 1 is 1.07 bits per heavy atom. The number of nitrogens with one attached hydrogen (secondary N) is 1. The molecule has 1 atom stereocenters. The van der Waals surface area contributed by atoms with Crippen molar-refractivity contribution in [2.24, 2.45) is 0 Å². The average molecular weight is 448 g/mol. The number of alkyl halides is 1. The Kier molecular flexibility index (Phi) is 5.56. The lowest BCUT2D eigenvalue weighted by Gasteiger charge is -2.46. The van der Waals surface area contributed by atoms with E-state index in [1.54, 1.807) is 16.2 Å². The molecule has 2 amide bonds. The predicted octanol–water partition coefficient (Wildman–Crippen LogP) is 5.27. The van der Waals surface area contributed by atoms with E-state index >= 15 is 0 Å². The summed E-state index contributed by atoms with van der Waals surface area (Å²) in [6.45, 7) is 0.310. The van der Waals surface area contributed by atoms with Gasteiger partial charge in [0.1, 0.15) is 5.69 Å². The third-order valence-corrected chi connectivity index (χ3v) is 8.51. The van der Waals surface area contributed by atoms with Crippen LogP contribution in [0.3, 0.4) is 0 Å². The molecule has 1 aliphatic heterocycles. The minimum Gasteiger partial charge on any atom is -0.350 e. The number of rotatable bonds is 3. The van der Waals surface area contributed by atoms with Crippen LogP contribution in [0.15, 0.2) is 17.5 Å². The number of halogens is 1. The average Bonchev–Trinajstić information content (AvgIpc) is 3.23. The van der Waals surface area contributed by atoms with Crippen LogP contribution in [-0.2, 0) is 11.3 Å². The van der Waals surface area contributed by atoms with Gasteiger partial charge in [0.15, 0.2) is 0 Å². The highest BCUT2D eigenvalue weighted by Crippen LogP contribution is 2.40.